The first-order valence-electron chi connectivity index (χ1n) is 8.26. The number of ether oxygens (including phenoxy) is 2. The second-order valence-corrected chi connectivity index (χ2v) is 6.89. The van der Waals surface area contributed by atoms with E-state index in [9.17, 15) is 0 Å². The van der Waals surface area contributed by atoms with Gasteiger partial charge < -0.3 is 14.4 Å². The summed E-state index contributed by atoms with van der Waals surface area (Å²) in [6.45, 7) is 6.20. The van der Waals surface area contributed by atoms with E-state index >= 15 is 0 Å². The molecule has 3 heterocycles. The minimum atomic E-state index is 0.619. The van der Waals surface area contributed by atoms with Crippen LogP contribution < -0.4 is 14.4 Å². The molecule has 0 amide bonds. The normalized spacial score (nSPS) is 17.8. The molecule has 126 valence electrons. The van der Waals surface area contributed by atoms with Gasteiger partial charge in [-0.25, -0.2) is 4.98 Å². The molecule has 1 aromatic heterocycles. The Morgan fingerprint density at radius 3 is 2.46 bits per heavy atom. The van der Waals surface area contributed by atoms with E-state index in [0.29, 0.717) is 13.2 Å². The zero-order chi connectivity index (χ0) is 16.4. The minimum absolute atomic E-state index is 0.619. The SMILES string of the molecule is Brc1cc2c(cc1CN1CCN(c3ccccn3)CC1)OCCO2. The standard InChI is InChI=1S/C18H20BrN3O2/c19-15-12-17-16(23-9-10-24-17)11-14(15)13-21-5-7-22(8-6-21)18-3-1-2-4-20-18/h1-4,11-12H,5-10,13H2. The molecule has 2 aliphatic heterocycles. The molecule has 1 saturated heterocycles. The molecule has 2 aromatic rings. The third-order valence-electron chi connectivity index (χ3n) is 4.45. The summed E-state index contributed by atoms with van der Waals surface area (Å²) in [5.41, 5.74) is 1.24. The molecule has 4 rings (SSSR count). The van der Waals surface area contributed by atoms with Gasteiger partial charge >= 0.3 is 0 Å². The predicted octanol–water partition coefficient (Wildman–Crippen LogP) is 2.94. The van der Waals surface area contributed by atoms with Crippen LogP contribution >= 0.6 is 15.9 Å². The summed E-state index contributed by atoms with van der Waals surface area (Å²) in [6, 6.07) is 10.2. The molecule has 0 atom stereocenters. The summed E-state index contributed by atoms with van der Waals surface area (Å²) < 4.78 is 12.4. The van der Waals surface area contributed by atoms with E-state index in [2.05, 4.69) is 42.8 Å². The van der Waals surface area contributed by atoms with Crippen molar-refractivity contribution in [3.63, 3.8) is 0 Å². The summed E-state index contributed by atoms with van der Waals surface area (Å²) in [7, 11) is 0. The smallest absolute Gasteiger partial charge is 0.162 e. The van der Waals surface area contributed by atoms with Crippen LogP contribution in [0.5, 0.6) is 11.5 Å². The van der Waals surface area contributed by atoms with Gasteiger partial charge in [0.2, 0.25) is 0 Å². The third-order valence-corrected chi connectivity index (χ3v) is 5.19. The second kappa shape index (κ2) is 6.99. The van der Waals surface area contributed by atoms with Crippen LogP contribution in [0, 0.1) is 0 Å². The summed E-state index contributed by atoms with van der Waals surface area (Å²) in [4.78, 5) is 9.25. The molecule has 24 heavy (non-hydrogen) atoms. The van der Waals surface area contributed by atoms with Crippen LogP contribution in [-0.2, 0) is 6.54 Å². The zero-order valence-electron chi connectivity index (χ0n) is 13.4. The van der Waals surface area contributed by atoms with E-state index in [4.69, 9.17) is 9.47 Å². The third kappa shape index (κ3) is 3.35. The minimum Gasteiger partial charge on any atom is -0.486 e. The number of aromatic nitrogens is 1. The van der Waals surface area contributed by atoms with Gasteiger partial charge in [-0.05, 0) is 29.8 Å². The maximum Gasteiger partial charge on any atom is 0.162 e. The number of anilines is 1. The van der Waals surface area contributed by atoms with Crippen molar-refractivity contribution in [1.29, 1.82) is 0 Å². The fraction of sp³-hybridized carbons (Fsp3) is 0.389. The van der Waals surface area contributed by atoms with E-state index in [1.165, 1.54) is 5.56 Å². The van der Waals surface area contributed by atoms with Gasteiger partial charge in [0.05, 0.1) is 0 Å². The molecule has 0 bridgehead atoms. The Morgan fingerprint density at radius 2 is 1.75 bits per heavy atom. The number of nitrogens with zero attached hydrogens (tertiary/aromatic N) is 3. The van der Waals surface area contributed by atoms with Gasteiger partial charge in [0.25, 0.3) is 0 Å². The highest BCUT2D eigenvalue weighted by Gasteiger charge is 2.20. The summed E-state index contributed by atoms with van der Waals surface area (Å²) in [5.74, 6) is 2.75. The average Bonchev–Trinajstić information content (AvgIpc) is 2.64. The lowest BCUT2D eigenvalue weighted by Gasteiger charge is -2.35. The van der Waals surface area contributed by atoms with Crippen LogP contribution in [0.4, 0.5) is 5.82 Å². The number of pyridine rings is 1. The molecule has 2 aliphatic rings. The summed E-state index contributed by atoms with van der Waals surface area (Å²) in [6.07, 6.45) is 1.86. The summed E-state index contributed by atoms with van der Waals surface area (Å²) >= 11 is 3.67. The zero-order valence-corrected chi connectivity index (χ0v) is 15.0. The largest absolute Gasteiger partial charge is 0.486 e. The fourth-order valence-corrected chi connectivity index (χ4v) is 3.59. The van der Waals surface area contributed by atoms with Crippen molar-refractivity contribution in [1.82, 2.24) is 9.88 Å². The van der Waals surface area contributed by atoms with Crippen LogP contribution in [0.15, 0.2) is 41.0 Å². The van der Waals surface area contributed by atoms with Crippen molar-refractivity contribution in [2.75, 3.05) is 44.3 Å². The van der Waals surface area contributed by atoms with Crippen molar-refractivity contribution in [2.24, 2.45) is 0 Å². The van der Waals surface area contributed by atoms with Gasteiger partial charge in [-0.3, -0.25) is 4.90 Å². The van der Waals surface area contributed by atoms with Gasteiger partial charge in [0.1, 0.15) is 19.0 Å². The lowest BCUT2D eigenvalue weighted by atomic mass is 10.1. The van der Waals surface area contributed by atoms with E-state index < -0.39 is 0 Å². The maximum atomic E-state index is 5.70. The molecule has 1 aromatic carbocycles. The Morgan fingerprint density at radius 1 is 1.00 bits per heavy atom. The number of hydrogen-bond donors (Lipinski definition) is 0. The Hall–Kier alpha value is -1.79. The first-order valence-corrected chi connectivity index (χ1v) is 9.05. The van der Waals surface area contributed by atoms with E-state index in [-0.39, 0.29) is 0 Å². The van der Waals surface area contributed by atoms with Crippen LogP contribution in [-0.4, -0.2) is 49.3 Å². The second-order valence-electron chi connectivity index (χ2n) is 6.04. The van der Waals surface area contributed by atoms with Gasteiger partial charge in [0.15, 0.2) is 11.5 Å². The molecule has 0 radical (unpaired) electrons. The van der Waals surface area contributed by atoms with Crippen LogP contribution in [0.3, 0.4) is 0 Å². The van der Waals surface area contributed by atoms with Gasteiger partial charge in [-0.2, -0.15) is 0 Å². The number of fused-ring (bicyclic) bond motifs is 1. The lowest BCUT2D eigenvalue weighted by molar-refractivity contribution is 0.170. The molecular formula is C18H20BrN3O2. The molecule has 0 spiro atoms. The van der Waals surface area contributed by atoms with Crippen LogP contribution in [0.25, 0.3) is 0 Å². The van der Waals surface area contributed by atoms with Gasteiger partial charge in [-0.1, -0.05) is 22.0 Å². The lowest BCUT2D eigenvalue weighted by Crippen LogP contribution is -2.46. The Balaban J connectivity index is 1.40. The van der Waals surface area contributed by atoms with Crippen molar-refractivity contribution in [3.8, 4) is 11.5 Å². The predicted molar refractivity (Wildman–Crippen MR) is 96.9 cm³/mol. The number of rotatable bonds is 3. The highest BCUT2D eigenvalue weighted by molar-refractivity contribution is 9.10. The van der Waals surface area contributed by atoms with Crippen LogP contribution in [0.1, 0.15) is 5.56 Å². The number of benzene rings is 1. The quantitative estimate of drug-likeness (QED) is 0.806. The molecule has 0 N–H and O–H groups in total. The molecule has 0 unspecified atom stereocenters. The van der Waals surface area contributed by atoms with Crippen molar-refractivity contribution in [3.05, 3.63) is 46.6 Å². The van der Waals surface area contributed by atoms with Crippen molar-refractivity contribution < 1.29 is 9.47 Å². The number of piperazine rings is 1. The Bertz CT molecular complexity index is 703. The first kappa shape index (κ1) is 15.7. The highest BCUT2D eigenvalue weighted by Crippen LogP contribution is 2.36. The topological polar surface area (TPSA) is 37.8 Å². The van der Waals surface area contributed by atoms with Gasteiger partial charge in [0, 0.05) is 43.4 Å². The average molecular weight is 390 g/mol. The molecule has 1 fully saturated rings. The van der Waals surface area contributed by atoms with E-state index in [1.807, 2.05) is 24.4 Å². The monoisotopic (exact) mass is 389 g/mol. The van der Waals surface area contributed by atoms with E-state index in [1.54, 1.807) is 0 Å². The Kier molecular flexibility index (Phi) is 4.58. The molecular weight excluding hydrogens is 370 g/mol. The highest BCUT2D eigenvalue weighted by atomic mass is 79.9. The van der Waals surface area contributed by atoms with Crippen molar-refractivity contribution in [2.45, 2.75) is 6.54 Å². The molecule has 0 saturated carbocycles. The van der Waals surface area contributed by atoms with E-state index in [0.717, 1.165) is 54.5 Å². The first-order chi connectivity index (χ1) is 11.8. The molecule has 5 nitrogen and oxygen atoms in total. The van der Waals surface area contributed by atoms with Crippen molar-refractivity contribution >= 4 is 21.7 Å². The molecule has 0 aliphatic carbocycles. The maximum absolute atomic E-state index is 5.70. The molecule has 6 heteroatoms. The summed E-state index contributed by atoms with van der Waals surface area (Å²) in [5, 5.41) is 0. The number of hydrogen-bond acceptors (Lipinski definition) is 5. The fourth-order valence-electron chi connectivity index (χ4n) is 3.14. The Labute approximate surface area is 150 Å². The number of halogens is 1. The van der Waals surface area contributed by atoms with Crippen LogP contribution in [0.2, 0.25) is 0 Å². The van der Waals surface area contributed by atoms with Gasteiger partial charge in [-0.15, -0.1) is 0 Å².